The van der Waals surface area contributed by atoms with Crippen LogP contribution in [0.3, 0.4) is 0 Å². The molecule has 1 fully saturated rings. The van der Waals surface area contributed by atoms with Crippen molar-refractivity contribution in [3.63, 3.8) is 0 Å². The molecule has 0 saturated carbocycles. The average molecular weight is 371 g/mol. The number of benzene rings is 1. The molecule has 0 spiro atoms. The van der Waals surface area contributed by atoms with Crippen molar-refractivity contribution in [2.45, 2.75) is 44.7 Å². The Balaban J connectivity index is 1.44. The standard InChI is InChI=1S/C20H26FN5O/c1-24-10-3-2-4-17(24)20-23-22-18-9-11-25(12-13-26(18)20)19(27)14-15-5-7-16(21)8-6-15/h5-8,17H,2-4,9-14H2,1H3. The Hall–Kier alpha value is -2.28. The van der Waals surface area contributed by atoms with Gasteiger partial charge >= 0.3 is 0 Å². The number of piperidine rings is 1. The molecular formula is C20H26FN5O. The zero-order valence-corrected chi connectivity index (χ0v) is 15.8. The molecule has 7 heteroatoms. The minimum atomic E-state index is -0.279. The van der Waals surface area contributed by atoms with Crippen molar-refractivity contribution in [2.24, 2.45) is 0 Å². The summed E-state index contributed by atoms with van der Waals surface area (Å²) >= 11 is 0. The highest BCUT2D eigenvalue weighted by molar-refractivity contribution is 5.78. The molecule has 1 unspecified atom stereocenters. The van der Waals surface area contributed by atoms with E-state index < -0.39 is 0 Å². The highest BCUT2D eigenvalue weighted by Gasteiger charge is 2.29. The molecule has 144 valence electrons. The molecule has 2 aliphatic rings. The molecule has 3 heterocycles. The summed E-state index contributed by atoms with van der Waals surface area (Å²) in [7, 11) is 2.15. The summed E-state index contributed by atoms with van der Waals surface area (Å²) in [6, 6.07) is 6.48. The Labute approximate surface area is 159 Å². The fourth-order valence-electron chi connectivity index (χ4n) is 4.13. The lowest BCUT2D eigenvalue weighted by molar-refractivity contribution is -0.130. The fourth-order valence-corrected chi connectivity index (χ4v) is 4.13. The van der Waals surface area contributed by atoms with E-state index in [4.69, 9.17) is 0 Å². The number of amides is 1. The molecule has 1 saturated heterocycles. The third-order valence-electron chi connectivity index (χ3n) is 5.74. The number of carbonyl (C=O) groups is 1. The summed E-state index contributed by atoms with van der Waals surface area (Å²) < 4.78 is 15.3. The molecular weight excluding hydrogens is 345 g/mol. The maximum absolute atomic E-state index is 13.1. The van der Waals surface area contributed by atoms with E-state index in [0.29, 0.717) is 25.6 Å². The number of hydrogen-bond acceptors (Lipinski definition) is 4. The van der Waals surface area contributed by atoms with E-state index in [-0.39, 0.29) is 11.7 Å². The zero-order chi connectivity index (χ0) is 18.8. The largest absolute Gasteiger partial charge is 0.340 e. The first-order valence-electron chi connectivity index (χ1n) is 9.76. The number of nitrogens with zero attached hydrogens (tertiary/aromatic N) is 5. The van der Waals surface area contributed by atoms with Crippen molar-refractivity contribution in [3.8, 4) is 0 Å². The summed E-state index contributed by atoms with van der Waals surface area (Å²) in [5.41, 5.74) is 0.842. The first kappa shape index (κ1) is 18.1. The number of halogens is 1. The molecule has 27 heavy (non-hydrogen) atoms. The van der Waals surface area contributed by atoms with Gasteiger partial charge in [0.25, 0.3) is 0 Å². The van der Waals surface area contributed by atoms with Crippen LogP contribution in [-0.4, -0.2) is 57.2 Å². The van der Waals surface area contributed by atoms with Crippen LogP contribution in [0.5, 0.6) is 0 Å². The smallest absolute Gasteiger partial charge is 0.227 e. The SMILES string of the molecule is CN1CCCCC1c1nnc2n1CCN(C(=O)Cc1ccc(F)cc1)CC2. The highest BCUT2D eigenvalue weighted by Crippen LogP contribution is 2.29. The van der Waals surface area contributed by atoms with Crippen molar-refractivity contribution < 1.29 is 9.18 Å². The predicted octanol–water partition coefficient (Wildman–Crippen LogP) is 2.20. The van der Waals surface area contributed by atoms with Gasteiger partial charge in [0.2, 0.25) is 5.91 Å². The Kier molecular flexibility index (Phi) is 5.20. The lowest BCUT2D eigenvalue weighted by Crippen LogP contribution is -2.35. The van der Waals surface area contributed by atoms with Gasteiger partial charge in [-0.3, -0.25) is 9.69 Å². The molecule has 1 aromatic carbocycles. The van der Waals surface area contributed by atoms with Crippen LogP contribution < -0.4 is 0 Å². The van der Waals surface area contributed by atoms with Crippen LogP contribution in [0.15, 0.2) is 24.3 Å². The minimum Gasteiger partial charge on any atom is -0.340 e. The number of fused-ring (bicyclic) bond motifs is 1. The van der Waals surface area contributed by atoms with Gasteiger partial charge in [-0.2, -0.15) is 0 Å². The third-order valence-corrected chi connectivity index (χ3v) is 5.74. The highest BCUT2D eigenvalue weighted by atomic mass is 19.1. The summed E-state index contributed by atoms with van der Waals surface area (Å²) in [6.07, 6.45) is 4.60. The zero-order valence-electron chi connectivity index (χ0n) is 15.8. The van der Waals surface area contributed by atoms with Crippen molar-refractivity contribution in [2.75, 3.05) is 26.7 Å². The van der Waals surface area contributed by atoms with E-state index in [9.17, 15) is 9.18 Å². The summed E-state index contributed by atoms with van der Waals surface area (Å²) in [5.74, 6) is 1.82. The normalized spacial score (nSPS) is 21.0. The number of hydrogen-bond donors (Lipinski definition) is 0. The molecule has 2 aliphatic heterocycles. The van der Waals surface area contributed by atoms with Gasteiger partial charge < -0.3 is 9.47 Å². The fraction of sp³-hybridized carbons (Fsp3) is 0.550. The van der Waals surface area contributed by atoms with E-state index in [0.717, 1.165) is 43.1 Å². The summed E-state index contributed by atoms with van der Waals surface area (Å²) in [4.78, 5) is 17.0. The molecule has 2 aromatic rings. The van der Waals surface area contributed by atoms with Gasteiger partial charge in [0.05, 0.1) is 12.5 Å². The Morgan fingerprint density at radius 1 is 1.11 bits per heavy atom. The van der Waals surface area contributed by atoms with Crippen molar-refractivity contribution >= 4 is 5.91 Å². The van der Waals surface area contributed by atoms with Gasteiger partial charge in [0, 0.05) is 26.1 Å². The molecule has 0 aliphatic carbocycles. The number of carbonyl (C=O) groups excluding carboxylic acids is 1. The first-order chi connectivity index (χ1) is 13.1. The van der Waals surface area contributed by atoms with Crippen LogP contribution in [-0.2, 0) is 24.2 Å². The second-order valence-corrected chi connectivity index (χ2v) is 7.55. The van der Waals surface area contributed by atoms with Gasteiger partial charge in [-0.15, -0.1) is 10.2 Å². The molecule has 4 rings (SSSR count). The summed E-state index contributed by atoms with van der Waals surface area (Å²) in [6.45, 7) is 3.14. The lowest BCUT2D eigenvalue weighted by Gasteiger charge is -2.32. The predicted molar refractivity (Wildman–Crippen MR) is 99.6 cm³/mol. The topological polar surface area (TPSA) is 54.3 Å². The summed E-state index contributed by atoms with van der Waals surface area (Å²) in [5, 5.41) is 8.91. The van der Waals surface area contributed by atoms with Crippen LogP contribution in [0.25, 0.3) is 0 Å². The van der Waals surface area contributed by atoms with Gasteiger partial charge in [-0.05, 0) is 44.1 Å². The number of rotatable bonds is 3. The van der Waals surface area contributed by atoms with E-state index in [1.54, 1.807) is 12.1 Å². The van der Waals surface area contributed by atoms with Crippen LogP contribution >= 0.6 is 0 Å². The van der Waals surface area contributed by atoms with E-state index in [2.05, 4.69) is 26.7 Å². The molecule has 0 bridgehead atoms. The second-order valence-electron chi connectivity index (χ2n) is 7.55. The first-order valence-corrected chi connectivity index (χ1v) is 9.76. The van der Waals surface area contributed by atoms with Gasteiger partial charge in [0.1, 0.15) is 17.5 Å². The average Bonchev–Trinajstić information content (AvgIpc) is 2.94. The second kappa shape index (κ2) is 7.76. The Bertz CT molecular complexity index is 803. The maximum atomic E-state index is 13.1. The Morgan fingerprint density at radius 3 is 2.70 bits per heavy atom. The minimum absolute atomic E-state index is 0.0802. The third kappa shape index (κ3) is 3.88. The molecule has 6 nitrogen and oxygen atoms in total. The monoisotopic (exact) mass is 371 g/mol. The lowest BCUT2D eigenvalue weighted by atomic mass is 10.0. The van der Waals surface area contributed by atoms with Crippen LogP contribution in [0.1, 0.15) is 42.5 Å². The van der Waals surface area contributed by atoms with Crippen LogP contribution in [0.2, 0.25) is 0 Å². The van der Waals surface area contributed by atoms with Gasteiger partial charge in [-0.1, -0.05) is 18.6 Å². The van der Waals surface area contributed by atoms with Crippen molar-refractivity contribution in [3.05, 3.63) is 47.3 Å². The van der Waals surface area contributed by atoms with Gasteiger partial charge in [-0.25, -0.2) is 4.39 Å². The Morgan fingerprint density at radius 2 is 1.93 bits per heavy atom. The molecule has 1 aromatic heterocycles. The van der Waals surface area contributed by atoms with Crippen molar-refractivity contribution in [1.82, 2.24) is 24.6 Å². The van der Waals surface area contributed by atoms with E-state index in [1.165, 1.54) is 25.0 Å². The van der Waals surface area contributed by atoms with Crippen LogP contribution in [0, 0.1) is 5.82 Å². The van der Waals surface area contributed by atoms with Crippen molar-refractivity contribution in [1.29, 1.82) is 0 Å². The molecule has 1 atom stereocenters. The number of aromatic nitrogens is 3. The van der Waals surface area contributed by atoms with Gasteiger partial charge in [0.15, 0.2) is 0 Å². The van der Waals surface area contributed by atoms with E-state index >= 15 is 0 Å². The maximum Gasteiger partial charge on any atom is 0.227 e. The quantitative estimate of drug-likeness (QED) is 0.830. The molecule has 0 radical (unpaired) electrons. The number of likely N-dealkylation sites (tertiary alicyclic amines) is 1. The van der Waals surface area contributed by atoms with Crippen LogP contribution in [0.4, 0.5) is 4.39 Å². The molecule has 1 amide bonds. The molecule has 0 N–H and O–H groups in total. The van der Waals surface area contributed by atoms with E-state index in [1.807, 2.05) is 4.90 Å².